The Morgan fingerprint density at radius 3 is 2.50 bits per heavy atom. The molecule has 0 atom stereocenters. The summed E-state index contributed by atoms with van der Waals surface area (Å²) in [5, 5.41) is 2.48. The average molecular weight is 285 g/mol. The first kappa shape index (κ1) is 14.1. The van der Waals surface area contributed by atoms with Crippen molar-refractivity contribution in [3.05, 3.63) is 51.7 Å². The van der Waals surface area contributed by atoms with Crippen LogP contribution < -0.4 is 10.9 Å². The fourth-order valence-corrected chi connectivity index (χ4v) is 1.55. The third kappa shape index (κ3) is 3.15. The molecule has 1 aromatic heterocycles. The molecular formula is C12H10F3N3O2. The van der Waals surface area contributed by atoms with Crippen LogP contribution in [0.5, 0.6) is 0 Å². The van der Waals surface area contributed by atoms with E-state index >= 15 is 0 Å². The van der Waals surface area contributed by atoms with Crippen molar-refractivity contribution in [2.24, 2.45) is 0 Å². The summed E-state index contributed by atoms with van der Waals surface area (Å²) in [6.07, 6.45) is 0. The Bertz CT molecular complexity index is 665. The highest BCUT2D eigenvalue weighted by atomic mass is 19.2. The van der Waals surface area contributed by atoms with Gasteiger partial charge in [-0.2, -0.15) is 0 Å². The van der Waals surface area contributed by atoms with Crippen molar-refractivity contribution in [3.63, 3.8) is 0 Å². The van der Waals surface area contributed by atoms with Gasteiger partial charge in [-0.1, -0.05) is 0 Å². The molecule has 2 aromatic rings. The molecule has 0 bridgehead atoms. The minimum Gasteiger partial charge on any atom is -0.378 e. The third-order valence-electron chi connectivity index (χ3n) is 2.33. The molecule has 0 spiro atoms. The van der Waals surface area contributed by atoms with Gasteiger partial charge in [0.25, 0.3) is 5.56 Å². The van der Waals surface area contributed by atoms with Crippen LogP contribution in [0, 0.1) is 17.5 Å². The van der Waals surface area contributed by atoms with Crippen molar-refractivity contribution < 1.29 is 17.9 Å². The van der Waals surface area contributed by atoms with Gasteiger partial charge in [0.05, 0.1) is 12.3 Å². The Kier molecular flexibility index (Phi) is 4.04. The first-order valence-electron chi connectivity index (χ1n) is 5.50. The number of anilines is 2. The molecule has 0 amide bonds. The minimum absolute atomic E-state index is 0.0324. The molecule has 5 nitrogen and oxygen atoms in total. The number of hydrogen-bond donors (Lipinski definition) is 2. The van der Waals surface area contributed by atoms with Crippen molar-refractivity contribution >= 4 is 11.6 Å². The van der Waals surface area contributed by atoms with E-state index in [1.165, 1.54) is 13.2 Å². The number of H-pyrrole nitrogens is 1. The van der Waals surface area contributed by atoms with E-state index in [9.17, 15) is 18.0 Å². The van der Waals surface area contributed by atoms with Crippen LogP contribution in [0.4, 0.5) is 24.8 Å². The van der Waals surface area contributed by atoms with E-state index < -0.39 is 23.0 Å². The molecule has 20 heavy (non-hydrogen) atoms. The molecule has 1 heterocycles. The lowest BCUT2D eigenvalue weighted by Gasteiger charge is -2.07. The number of aromatic amines is 1. The highest BCUT2D eigenvalue weighted by Gasteiger charge is 2.11. The molecule has 0 aliphatic carbocycles. The van der Waals surface area contributed by atoms with Crippen LogP contribution in [0.3, 0.4) is 0 Å². The zero-order chi connectivity index (χ0) is 14.7. The number of halogens is 3. The van der Waals surface area contributed by atoms with E-state index in [0.29, 0.717) is 5.69 Å². The lowest BCUT2D eigenvalue weighted by Crippen LogP contribution is -2.12. The zero-order valence-electron chi connectivity index (χ0n) is 10.3. The molecule has 0 aliphatic rings. The maximum Gasteiger partial charge on any atom is 0.252 e. The summed E-state index contributed by atoms with van der Waals surface area (Å²) in [6, 6.07) is 2.73. The molecule has 8 heteroatoms. The van der Waals surface area contributed by atoms with Gasteiger partial charge < -0.3 is 10.1 Å². The standard InChI is InChI=1S/C12H10F3N3O2/c1-20-5-7-4-10(19)18-12(17-7)16-6-2-8(13)11(15)9(14)3-6/h2-4H,5H2,1H3,(H2,16,17,18,19). The lowest BCUT2D eigenvalue weighted by atomic mass is 10.3. The van der Waals surface area contributed by atoms with Gasteiger partial charge in [0.1, 0.15) is 0 Å². The molecule has 106 valence electrons. The van der Waals surface area contributed by atoms with E-state index in [4.69, 9.17) is 4.74 Å². The predicted molar refractivity (Wildman–Crippen MR) is 65.2 cm³/mol. The Hall–Kier alpha value is -2.35. The van der Waals surface area contributed by atoms with Gasteiger partial charge in [-0.3, -0.25) is 9.78 Å². The third-order valence-corrected chi connectivity index (χ3v) is 2.33. The summed E-state index contributed by atoms with van der Waals surface area (Å²) in [5.41, 5.74) is -0.210. The Labute approximate surface area is 111 Å². The molecule has 0 saturated carbocycles. The van der Waals surface area contributed by atoms with Crippen LogP contribution in [-0.2, 0) is 11.3 Å². The van der Waals surface area contributed by atoms with Crippen molar-refractivity contribution in [1.29, 1.82) is 0 Å². The average Bonchev–Trinajstić information content (AvgIpc) is 2.35. The van der Waals surface area contributed by atoms with E-state index in [1.54, 1.807) is 0 Å². The second kappa shape index (κ2) is 5.74. The van der Waals surface area contributed by atoms with Gasteiger partial charge >= 0.3 is 0 Å². The number of benzene rings is 1. The largest absolute Gasteiger partial charge is 0.378 e. The lowest BCUT2D eigenvalue weighted by molar-refractivity contribution is 0.181. The number of nitrogens with one attached hydrogen (secondary N) is 2. The second-order valence-electron chi connectivity index (χ2n) is 3.90. The fraction of sp³-hybridized carbons (Fsp3) is 0.167. The summed E-state index contributed by atoms with van der Waals surface area (Å²) >= 11 is 0. The van der Waals surface area contributed by atoms with Gasteiger partial charge in [-0.25, -0.2) is 18.2 Å². The van der Waals surface area contributed by atoms with Crippen LogP contribution >= 0.6 is 0 Å². The molecule has 0 fully saturated rings. The summed E-state index contributed by atoms with van der Waals surface area (Å²) in [5.74, 6) is -4.29. The van der Waals surface area contributed by atoms with Crippen LogP contribution in [0.15, 0.2) is 23.0 Å². The van der Waals surface area contributed by atoms with Gasteiger partial charge in [0.2, 0.25) is 5.95 Å². The van der Waals surface area contributed by atoms with E-state index in [-0.39, 0.29) is 18.2 Å². The molecular weight excluding hydrogens is 275 g/mol. The van der Waals surface area contributed by atoms with Gasteiger partial charge in [-0.05, 0) is 0 Å². The van der Waals surface area contributed by atoms with Crippen molar-refractivity contribution in [2.75, 3.05) is 12.4 Å². The molecule has 0 radical (unpaired) electrons. The van der Waals surface area contributed by atoms with Gasteiger partial charge in [0, 0.05) is 31.0 Å². The minimum atomic E-state index is -1.56. The molecule has 0 saturated heterocycles. The van der Waals surface area contributed by atoms with Crippen LogP contribution in [0.1, 0.15) is 5.69 Å². The van der Waals surface area contributed by atoms with Crippen LogP contribution in [0.2, 0.25) is 0 Å². The number of nitrogens with zero attached hydrogens (tertiary/aromatic N) is 1. The predicted octanol–water partition coefficient (Wildman–Crippen LogP) is 2.08. The zero-order valence-corrected chi connectivity index (χ0v) is 10.3. The van der Waals surface area contributed by atoms with E-state index in [2.05, 4.69) is 15.3 Å². The Morgan fingerprint density at radius 1 is 1.25 bits per heavy atom. The monoisotopic (exact) mass is 285 g/mol. The van der Waals surface area contributed by atoms with E-state index in [1.807, 2.05) is 0 Å². The maximum absolute atomic E-state index is 13.1. The highest BCUT2D eigenvalue weighted by Crippen LogP contribution is 2.19. The SMILES string of the molecule is COCc1cc(=O)[nH]c(Nc2cc(F)c(F)c(F)c2)n1. The van der Waals surface area contributed by atoms with Crippen molar-refractivity contribution in [2.45, 2.75) is 6.61 Å². The van der Waals surface area contributed by atoms with Gasteiger partial charge in [0.15, 0.2) is 17.5 Å². The second-order valence-corrected chi connectivity index (χ2v) is 3.90. The highest BCUT2D eigenvalue weighted by molar-refractivity contribution is 5.53. The number of hydrogen-bond acceptors (Lipinski definition) is 4. The summed E-state index contributed by atoms with van der Waals surface area (Å²) in [4.78, 5) is 17.7. The molecule has 0 unspecified atom stereocenters. The van der Waals surface area contributed by atoms with E-state index in [0.717, 1.165) is 12.1 Å². The summed E-state index contributed by atoms with van der Waals surface area (Å²) in [7, 11) is 1.43. The summed E-state index contributed by atoms with van der Waals surface area (Å²) < 4.78 is 43.7. The quantitative estimate of drug-likeness (QED) is 0.844. The van der Waals surface area contributed by atoms with Crippen molar-refractivity contribution in [3.8, 4) is 0 Å². The first-order valence-corrected chi connectivity index (χ1v) is 5.50. The normalized spacial score (nSPS) is 10.6. The van der Waals surface area contributed by atoms with Gasteiger partial charge in [-0.15, -0.1) is 0 Å². The number of ether oxygens (including phenoxy) is 1. The molecule has 2 rings (SSSR count). The number of rotatable bonds is 4. The smallest absolute Gasteiger partial charge is 0.252 e. The van der Waals surface area contributed by atoms with Crippen LogP contribution in [-0.4, -0.2) is 17.1 Å². The topological polar surface area (TPSA) is 67.0 Å². The fourth-order valence-electron chi connectivity index (χ4n) is 1.55. The summed E-state index contributed by atoms with van der Waals surface area (Å²) in [6.45, 7) is 0.102. The molecule has 0 aliphatic heterocycles. The number of aromatic nitrogens is 2. The van der Waals surface area contributed by atoms with Crippen LogP contribution in [0.25, 0.3) is 0 Å². The number of methoxy groups -OCH3 is 1. The Morgan fingerprint density at radius 2 is 1.90 bits per heavy atom. The molecule has 2 N–H and O–H groups in total. The first-order chi connectivity index (χ1) is 9.49. The Balaban J connectivity index is 2.32. The van der Waals surface area contributed by atoms with Crippen molar-refractivity contribution in [1.82, 2.24) is 9.97 Å². The molecule has 1 aromatic carbocycles. The maximum atomic E-state index is 13.1.